The number of H-pyrrole nitrogens is 1. The fourth-order valence-electron chi connectivity index (χ4n) is 2.40. The van der Waals surface area contributed by atoms with Gasteiger partial charge >= 0.3 is 0 Å². The number of para-hydroxylation sites is 2. The Hall–Kier alpha value is -1.68. The molecule has 8 heteroatoms. The van der Waals surface area contributed by atoms with Crippen molar-refractivity contribution in [3.05, 3.63) is 46.2 Å². The van der Waals surface area contributed by atoms with Crippen molar-refractivity contribution in [3.8, 4) is 0 Å². The summed E-state index contributed by atoms with van der Waals surface area (Å²) < 4.78 is 0. The summed E-state index contributed by atoms with van der Waals surface area (Å²) in [6.07, 6.45) is 3.79. The van der Waals surface area contributed by atoms with Crippen molar-refractivity contribution in [2.45, 2.75) is 26.3 Å². The van der Waals surface area contributed by atoms with Crippen molar-refractivity contribution in [1.29, 1.82) is 0 Å². The summed E-state index contributed by atoms with van der Waals surface area (Å²) in [5.41, 5.74) is 2.08. The first kappa shape index (κ1) is 19.6. The van der Waals surface area contributed by atoms with Crippen LogP contribution in [0.3, 0.4) is 0 Å². The molecule has 0 atom stereocenters. The molecular formula is C17H23IN6S. The highest BCUT2D eigenvalue weighted by atomic mass is 127. The predicted octanol–water partition coefficient (Wildman–Crippen LogP) is 3.11. The molecule has 0 spiro atoms. The van der Waals surface area contributed by atoms with Gasteiger partial charge in [-0.2, -0.15) is 0 Å². The Morgan fingerprint density at radius 3 is 2.84 bits per heavy atom. The number of hydrogen-bond donors (Lipinski definition) is 3. The number of halogens is 1. The molecule has 1 aromatic carbocycles. The number of aromatic nitrogens is 3. The van der Waals surface area contributed by atoms with Gasteiger partial charge < -0.3 is 15.6 Å². The van der Waals surface area contributed by atoms with E-state index in [1.54, 1.807) is 18.4 Å². The van der Waals surface area contributed by atoms with Crippen molar-refractivity contribution in [3.63, 3.8) is 0 Å². The average molecular weight is 470 g/mol. The third-order valence-electron chi connectivity index (χ3n) is 3.67. The number of aliphatic imine (C=N–C) groups is 1. The summed E-state index contributed by atoms with van der Waals surface area (Å²) >= 11 is 1.74. The number of nitrogens with zero attached hydrogens (tertiary/aromatic N) is 3. The molecule has 2 aromatic heterocycles. The lowest BCUT2D eigenvalue weighted by molar-refractivity contribution is 0.775. The SMILES string of the molecule is CCc1cnc(CNC(=NC)NCCc2nc3ccccc3[nH]2)s1.I. The van der Waals surface area contributed by atoms with Crippen molar-refractivity contribution >= 4 is 52.3 Å². The van der Waals surface area contributed by atoms with Gasteiger partial charge in [0.2, 0.25) is 0 Å². The highest BCUT2D eigenvalue weighted by molar-refractivity contribution is 14.0. The number of imidazole rings is 1. The summed E-state index contributed by atoms with van der Waals surface area (Å²) in [5, 5.41) is 7.68. The van der Waals surface area contributed by atoms with Crippen LogP contribution in [0.4, 0.5) is 0 Å². The smallest absolute Gasteiger partial charge is 0.191 e. The highest BCUT2D eigenvalue weighted by Crippen LogP contribution is 2.13. The van der Waals surface area contributed by atoms with Gasteiger partial charge in [0, 0.05) is 31.1 Å². The highest BCUT2D eigenvalue weighted by Gasteiger charge is 2.04. The van der Waals surface area contributed by atoms with Gasteiger partial charge in [-0.1, -0.05) is 19.1 Å². The monoisotopic (exact) mass is 470 g/mol. The molecule has 0 unspecified atom stereocenters. The van der Waals surface area contributed by atoms with E-state index in [1.807, 2.05) is 30.5 Å². The van der Waals surface area contributed by atoms with Gasteiger partial charge in [0.15, 0.2) is 5.96 Å². The molecule has 0 aliphatic rings. The Kier molecular flexibility index (Phi) is 7.63. The zero-order valence-corrected chi connectivity index (χ0v) is 17.5. The topological polar surface area (TPSA) is 78.0 Å². The van der Waals surface area contributed by atoms with Crippen molar-refractivity contribution in [2.75, 3.05) is 13.6 Å². The molecule has 3 rings (SSSR count). The van der Waals surface area contributed by atoms with Gasteiger partial charge in [-0.05, 0) is 18.6 Å². The molecule has 0 saturated carbocycles. The quantitative estimate of drug-likeness (QED) is 0.294. The summed E-state index contributed by atoms with van der Waals surface area (Å²) in [7, 11) is 1.77. The Morgan fingerprint density at radius 1 is 1.28 bits per heavy atom. The van der Waals surface area contributed by atoms with E-state index >= 15 is 0 Å². The summed E-state index contributed by atoms with van der Waals surface area (Å²) in [4.78, 5) is 17.9. The number of aryl methyl sites for hydroxylation is 1. The molecular weight excluding hydrogens is 447 g/mol. The normalized spacial score (nSPS) is 11.4. The van der Waals surface area contributed by atoms with Gasteiger partial charge in [-0.15, -0.1) is 35.3 Å². The first-order valence-corrected chi connectivity index (χ1v) is 8.92. The number of fused-ring (bicyclic) bond motifs is 1. The molecule has 0 aliphatic carbocycles. The number of guanidine groups is 1. The summed E-state index contributed by atoms with van der Waals surface area (Å²) in [6, 6.07) is 8.07. The van der Waals surface area contributed by atoms with Crippen LogP contribution in [-0.2, 0) is 19.4 Å². The number of hydrogen-bond acceptors (Lipinski definition) is 4. The van der Waals surface area contributed by atoms with Gasteiger partial charge in [0.25, 0.3) is 0 Å². The minimum Gasteiger partial charge on any atom is -0.356 e. The molecule has 3 N–H and O–H groups in total. The third kappa shape index (κ3) is 5.40. The molecule has 0 amide bonds. The zero-order chi connectivity index (χ0) is 16.8. The van der Waals surface area contributed by atoms with E-state index in [9.17, 15) is 0 Å². The minimum atomic E-state index is 0. The molecule has 134 valence electrons. The van der Waals surface area contributed by atoms with Crippen LogP contribution >= 0.6 is 35.3 Å². The minimum absolute atomic E-state index is 0. The average Bonchev–Trinajstić information content (AvgIpc) is 3.23. The molecule has 0 bridgehead atoms. The number of nitrogens with one attached hydrogen (secondary N) is 3. The standard InChI is InChI=1S/C17H22N6S.HI/c1-3-12-10-20-16(24-12)11-21-17(18-2)19-9-8-15-22-13-6-4-5-7-14(13)23-15;/h4-7,10H,3,8-9,11H2,1-2H3,(H,22,23)(H2,18,19,21);1H. The fraction of sp³-hybridized carbons (Fsp3) is 0.353. The van der Waals surface area contributed by atoms with Crippen molar-refractivity contribution < 1.29 is 0 Å². The second kappa shape index (κ2) is 9.71. The van der Waals surface area contributed by atoms with E-state index in [1.165, 1.54) is 4.88 Å². The summed E-state index contributed by atoms with van der Waals surface area (Å²) in [6.45, 7) is 3.59. The molecule has 0 fully saturated rings. The number of rotatable bonds is 6. The van der Waals surface area contributed by atoms with Gasteiger partial charge in [0.1, 0.15) is 10.8 Å². The first-order chi connectivity index (χ1) is 11.8. The second-order valence-electron chi connectivity index (χ2n) is 5.38. The lowest BCUT2D eigenvalue weighted by atomic mass is 10.3. The number of aromatic amines is 1. The van der Waals surface area contributed by atoms with E-state index in [4.69, 9.17) is 0 Å². The molecule has 2 heterocycles. The van der Waals surface area contributed by atoms with E-state index in [-0.39, 0.29) is 24.0 Å². The Morgan fingerprint density at radius 2 is 2.12 bits per heavy atom. The maximum atomic E-state index is 4.58. The lowest BCUT2D eigenvalue weighted by Gasteiger charge is -2.10. The summed E-state index contributed by atoms with van der Waals surface area (Å²) in [5.74, 6) is 1.76. The maximum Gasteiger partial charge on any atom is 0.191 e. The van der Waals surface area contributed by atoms with Crippen LogP contribution < -0.4 is 10.6 Å². The Balaban J connectivity index is 0.00000225. The van der Waals surface area contributed by atoms with Crippen LogP contribution in [0.1, 0.15) is 22.6 Å². The molecule has 25 heavy (non-hydrogen) atoms. The van der Waals surface area contributed by atoms with Gasteiger partial charge in [-0.3, -0.25) is 4.99 Å². The third-order valence-corrected chi connectivity index (χ3v) is 4.81. The largest absolute Gasteiger partial charge is 0.356 e. The number of benzene rings is 1. The van der Waals surface area contributed by atoms with Crippen LogP contribution in [0, 0.1) is 0 Å². The Labute approximate surface area is 168 Å². The molecule has 3 aromatic rings. The fourth-order valence-corrected chi connectivity index (χ4v) is 3.20. The Bertz CT molecular complexity index is 792. The predicted molar refractivity (Wildman–Crippen MR) is 115 cm³/mol. The zero-order valence-electron chi connectivity index (χ0n) is 14.4. The molecule has 6 nitrogen and oxygen atoms in total. The second-order valence-corrected chi connectivity index (χ2v) is 6.58. The van der Waals surface area contributed by atoms with Gasteiger partial charge in [-0.25, -0.2) is 9.97 Å². The van der Waals surface area contributed by atoms with Crippen molar-refractivity contribution in [2.24, 2.45) is 4.99 Å². The lowest BCUT2D eigenvalue weighted by Crippen LogP contribution is -2.37. The van der Waals surface area contributed by atoms with E-state index in [0.717, 1.165) is 47.2 Å². The van der Waals surface area contributed by atoms with Crippen LogP contribution in [0.25, 0.3) is 11.0 Å². The van der Waals surface area contributed by atoms with Crippen LogP contribution in [0.15, 0.2) is 35.5 Å². The van der Waals surface area contributed by atoms with E-state index in [0.29, 0.717) is 6.54 Å². The van der Waals surface area contributed by atoms with Crippen LogP contribution in [0.2, 0.25) is 0 Å². The molecule has 0 radical (unpaired) electrons. The maximum absolute atomic E-state index is 4.58. The number of thiazole rings is 1. The molecule has 0 aliphatic heterocycles. The van der Waals surface area contributed by atoms with Crippen LogP contribution in [-0.4, -0.2) is 34.5 Å². The van der Waals surface area contributed by atoms with E-state index < -0.39 is 0 Å². The van der Waals surface area contributed by atoms with Crippen LogP contribution in [0.5, 0.6) is 0 Å². The molecule has 0 saturated heterocycles. The first-order valence-electron chi connectivity index (χ1n) is 8.10. The van der Waals surface area contributed by atoms with Crippen molar-refractivity contribution in [1.82, 2.24) is 25.6 Å². The van der Waals surface area contributed by atoms with Gasteiger partial charge in [0.05, 0.1) is 17.6 Å². The van der Waals surface area contributed by atoms with E-state index in [2.05, 4.69) is 37.5 Å².